The summed E-state index contributed by atoms with van der Waals surface area (Å²) in [5.41, 5.74) is 1.48. The minimum Gasteiger partial charge on any atom is -0.431 e. The number of carbonyl (C=O) groups is 2. The summed E-state index contributed by atoms with van der Waals surface area (Å²) < 4.78 is 5.36. The summed E-state index contributed by atoms with van der Waals surface area (Å²) in [5.74, 6) is 2.98. The quantitative estimate of drug-likeness (QED) is 0.662. The van der Waals surface area contributed by atoms with Gasteiger partial charge in [0, 0.05) is 25.2 Å². The van der Waals surface area contributed by atoms with Crippen molar-refractivity contribution in [1.29, 1.82) is 0 Å². The number of ketones is 1. The Bertz CT molecular complexity index is 658. The van der Waals surface area contributed by atoms with Gasteiger partial charge < -0.3 is 4.74 Å². The molecule has 3 nitrogen and oxygen atoms in total. The Labute approximate surface area is 144 Å². The molecular formula is C21H28O3. The molecular weight excluding hydrogens is 300 g/mol. The van der Waals surface area contributed by atoms with Gasteiger partial charge in [-0.3, -0.25) is 9.59 Å². The van der Waals surface area contributed by atoms with Gasteiger partial charge in [0.05, 0.1) is 0 Å². The summed E-state index contributed by atoms with van der Waals surface area (Å²) >= 11 is 0. The average molecular weight is 328 g/mol. The third kappa shape index (κ3) is 2.16. The zero-order valence-corrected chi connectivity index (χ0v) is 15.1. The van der Waals surface area contributed by atoms with Crippen molar-refractivity contribution in [2.75, 3.05) is 0 Å². The number of ether oxygens (including phenoxy) is 1. The summed E-state index contributed by atoms with van der Waals surface area (Å²) in [7, 11) is 0. The number of hydrogen-bond acceptors (Lipinski definition) is 3. The molecule has 4 rings (SSSR count). The molecule has 0 aliphatic heterocycles. The highest BCUT2D eigenvalue weighted by Crippen LogP contribution is 2.63. The van der Waals surface area contributed by atoms with Crippen LogP contribution in [0.2, 0.25) is 0 Å². The fraction of sp³-hybridized carbons (Fsp3) is 0.714. The largest absolute Gasteiger partial charge is 0.431 e. The summed E-state index contributed by atoms with van der Waals surface area (Å²) in [6, 6.07) is 0. The third-order valence-corrected chi connectivity index (χ3v) is 7.72. The molecule has 24 heavy (non-hydrogen) atoms. The first-order chi connectivity index (χ1) is 11.3. The predicted molar refractivity (Wildman–Crippen MR) is 91.9 cm³/mol. The number of carbonyl (C=O) groups excluding carboxylic acids is 2. The van der Waals surface area contributed by atoms with E-state index in [1.54, 1.807) is 0 Å². The van der Waals surface area contributed by atoms with Crippen LogP contribution in [-0.2, 0) is 14.3 Å². The van der Waals surface area contributed by atoms with Crippen LogP contribution in [0.3, 0.4) is 0 Å². The van der Waals surface area contributed by atoms with Crippen LogP contribution in [0.1, 0.15) is 65.7 Å². The van der Waals surface area contributed by atoms with Crippen molar-refractivity contribution in [3.05, 3.63) is 23.5 Å². The first-order valence-corrected chi connectivity index (χ1v) is 9.47. The zero-order chi connectivity index (χ0) is 17.1. The minimum absolute atomic E-state index is 0.0592. The van der Waals surface area contributed by atoms with Crippen LogP contribution in [-0.4, -0.2) is 11.8 Å². The van der Waals surface area contributed by atoms with Gasteiger partial charge in [-0.2, -0.15) is 0 Å². The highest BCUT2D eigenvalue weighted by atomic mass is 16.5. The number of allylic oxidation sites excluding steroid dienone is 4. The lowest BCUT2D eigenvalue weighted by Gasteiger charge is -2.55. The Hall–Kier alpha value is -1.38. The van der Waals surface area contributed by atoms with Gasteiger partial charge in [-0.1, -0.05) is 19.9 Å². The number of fused-ring (bicyclic) bond motifs is 5. The fourth-order valence-corrected chi connectivity index (χ4v) is 6.34. The molecule has 4 aliphatic rings. The van der Waals surface area contributed by atoms with Crippen molar-refractivity contribution < 1.29 is 14.3 Å². The van der Waals surface area contributed by atoms with Gasteiger partial charge in [0.25, 0.3) is 0 Å². The first-order valence-electron chi connectivity index (χ1n) is 9.47. The average Bonchev–Trinajstić information content (AvgIpc) is 2.83. The second kappa shape index (κ2) is 5.31. The lowest BCUT2D eigenvalue weighted by molar-refractivity contribution is -0.137. The molecule has 4 unspecified atom stereocenters. The molecule has 0 aromatic heterocycles. The fourth-order valence-electron chi connectivity index (χ4n) is 6.34. The molecule has 3 heteroatoms. The lowest BCUT2D eigenvalue weighted by Crippen LogP contribution is -2.49. The van der Waals surface area contributed by atoms with Gasteiger partial charge in [-0.25, -0.2) is 0 Å². The predicted octanol–water partition coefficient (Wildman–Crippen LogP) is 4.58. The van der Waals surface area contributed by atoms with Crippen molar-refractivity contribution in [2.24, 2.45) is 28.6 Å². The van der Waals surface area contributed by atoms with Crippen LogP contribution in [0, 0.1) is 28.6 Å². The second-order valence-electron chi connectivity index (χ2n) is 8.81. The molecule has 2 fully saturated rings. The van der Waals surface area contributed by atoms with E-state index in [0.29, 0.717) is 23.5 Å². The maximum Gasteiger partial charge on any atom is 0.307 e. The van der Waals surface area contributed by atoms with Crippen molar-refractivity contribution in [3.8, 4) is 0 Å². The molecule has 0 spiro atoms. The topological polar surface area (TPSA) is 43.4 Å². The molecule has 4 aliphatic carbocycles. The highest BCUT2D eigenvalue weighted by molar-refractivity contribution is 5.87. The monoisotopic (exact) mass is 328 g/mol. The molecule has 0 aromatic carbocycles. The van der Waals surface area contributed by atoms with E-state index in [-0.39, 0.29) is 16.8 Å². The Balaban J connectivity index is 1.66. The van der Waals surface area contributed by atoms with E-state index in [1.165, 1.54) is 12.5 Å². The van der Waals surface area contributed by atoms with E-state index in [1.807, 2.05) is 0 Å². The SMILES string of the molecule is CC(=O)OC1=CC2=CCC3C(CC[C@]4(C)C(=O)CCC34)C2(C)CC1. The summed E-state index contributed by atoms with van der Waals surface area (Å²) in [6.45, 7) is 6.10. The van der Waals surface area contributed by atoms with E-state index < -0.39 is 0 Å². The maximum atomic E-state index is 12.4. The molecule has 0 aromatic rings. The number of esters is 1. The molecule has 0 heterocycles. The smallest absolute Gasteiger partial charge is 0.307 e. The van der Waals surface area contributed by atoms with Crippen molar-refractivity contribution >= 4 is 11.8 Å². The standard InChI is InChI=1S/C21H28O3/c1-13(22)24-15-8-10-20(2)14(12-15)4-5-16-17-6-7-19(23)21(17,3)11-9-18(16)20/h4,12,16-18H,5-11H2,1-3H3/t16?,17?,18?,20?,21-/m0/s1. The molecule has 0 bridgehead atoms. The van der Waals surface area contributed by atoms with Crippen LogP contribution in [0.15, 0.2) is 23.5 Å². The molecule has 0 N–H and O–H groups in total. The molecule has 130 valence electrons. The number of rotatable bonds is 1. The normalized spacial score (nSPS) is 44.0. The number of hydrogen-bond donors (Lipinski definition) is 0. The summed E-state index contributed by atoms with van der Waals surface area (Å²) in [6.07, 6.45) is 11.6. The van der Waals surface area contributed by atoms with Gasteiger partial charge in [-0.05, 0) is 66.9 Å². The zero-order valence-electron chi connectivity index (χ0n) is 15.1. The van der Waals surface area contributed by atoms with Gasteiger partial charge in [0.15, 0.2) is 0 Å². The van der Waals surface area contributed by atoms with E-state index in [2.05, 4.69) is 26.0 Å². The van der Waals surface area contributed by atoms with E-state index in [4.69, 9.17) is 4.74 Å². The molecule has 0 amide bonds. The highest BCUT2D eigenvalue weighted by Gasteiger charge is 2.58. The lowest BCUT2D eigenvalue weighted by atomic mass is 9.49. The Morgan fingerprint density at radius 1 is 1.12 bits per heavy atom. The second-order valence-corrected chi connectivity index (χ2v) is 8.81. The van der Waals surface area contributed by atoms with E-state index in [0.717, 1.165) is 50.7 Å². The third-order valence-electron chi connectivity index (χ3n) is 7.72. The Morgan fingerprint density at radius 2 is 1.88 bits per heavy atom. The van der Waals surface area contributed by atoms with Gasteiger partial charge in [0.2, 0.25) is 0 Å². The molecule has 5 atom stereocenters. The van der Waals surface area contributed by atoms with Gasteiger partial charge >= 0.3 is 5.97 Å². The Kier molecular flexibility index (Phi) is 3.56. The minimum atomic E-state index is -0.225. The molecule has 0 saturated heterocycles. The van der Waals surface area contributed by atoms with Crippen molar-refractivity contribution in [2.45, 2.75) is 65.7 Å². The molecule has 2 saturated carbocycles. The van der Waals surface area contributed by atoms with Crippen LogP contribution in [0.5, 0.6) is 0 Å². The van der Waals surface area contributed by atoms with Crippen molar-refractivity contribution in [3.63, 3.8) is 0 Å². The van der Waals surface area contributed by atoms with E-state index in [9.17, 15) is 9.59 Å². The Morgan fingerprint density at radius 3 is 2.62 bits per heavy atom. The summed E-state index contributed by atoms with van der Waals surface area (Å²) in [4.78, 5) is 23.7. The van der Waals surface area contributed by atoms with Crippen LogP contribution in [0.25, 0.3) is 0 Å². The molecule has 0 radical (unpaired) electrons. The van der Waals surface area contributed by atoms with Crippen LogP contribution < -0.4 is 0 Å². The first kappa shape index (κ1) is 16.1. The van der Waals surface area contributed by atoms with Crippen LogP contribution >= 0.6 is 0 Å². The number of Topliss-reactive ketones (excluding diaryl/α,β-unsaturated/α-hetero) is 1. The van der Waals surface area contributed by atoms with E-state index >= 15 is 0 Å². The van der Waals surface area contributed by atoms with Gasteiger partial charge in [0.1, 0.15) is 11.5 Å². The van der Waals surface area contributed by atoms with Crippen LogP contribution in [0.4, 0.5) is 0 Å². The maximum absolute atomic E-state index is 12.4. The summed E-state index contributed by atoms with van der Waals surface area (Å²) in [5, 5.41) is 0. The van der Waals surface area contributed by atoms with Crippen molar-refractivity contribution in [1.82, 2.24) is 0 Å². The van der Waals surface area contributed by atoms with Gasteiger partial charge in [-0.15, -0.1) is 0 Å².